The van der Waals surface area contributed by atoms with Crippen LogP contribution in [0, 0.1) is 0 Å². The number of nitrogens with one attached hydrogen (secondary N) is 1. The third kappa shape index (κ3) is 5.24. The molecule has 29 heavy (non-hydrogen) atoms. The Kier molecular flexibility index (Phi) is 6.01. The number of rotatable bonds is 7. The molecular formula is C19H16F3N3O4. The number of para-hydroxylation sites is 1. The van der Waals surface area contributed by atoms with E-state index >= 15 is 0 Å². The topological polar surface area (TPSA) is 86.4 Å². The summed E-state index contributed by atoms with van der Waals surface area (Å²) in [4.78, 5) is 23.8. The van der Waals surface area contributed by atoms with Crippen molar-refractivity contribution in [2.75, 3.05) is 13.2 Å². The summed E-state index contributed by atoms with van der Waals surface area (Å²) < 4.78 is 50.1. The van der Waals surface area contributed by atoms with Crippen molar-refractivity contribution in [2.24, 2.45) is 0 Å². The predicted molar refractivity (Wildman–Crippen MR) is 96.1 cm³/mol. The molecule has 0 aliphatic rings. The third-order valence-electron chi connectivity index (χ3n) is 3.84. The van der Waals surface area contributed by atoms with Gasteiger partial charge in [-0.2, -0.15) is 18.3 Å². The average molecular weight is 407 g/mol. The molecule has 10 heteroatoms. The van der Waals surface area contributed by atoms with Gasteiger partial charge in [0.15, 0.2) is 12.4 Å². The molecule has 7 nitrogen and oxygen atoms in total. The molecule has 152 valence electrons. The molecule has 0 fully saturated rings. The number of hydrogen-bond acceptors (Lipinski definition) is 5. The van der Waals surface area contributed by atoms with Gasteiger partial charge in [0.1, 0.15) is 11.4 Å². The lowest BCUT2D eigenvalue weighted by atomic mass is 10.2. The number of carbonyl (C=O) groups is 1. The van der Waals surface area contributed by atoms with E-state index in [0.717, 1.165) is 16.8 Å². The highest BCUT2D eigenvalue weighted by atomic mass is 19.4. The van der Waals surface area contributed by atoms with Crippen LogP contribution in [0.2, 0.25) is 0 Å². The van der Waals surface area contributed by atoms with Gasteiger partial charge < -0.3 is 14.5 Å². The fourth-order valence-corrected chi connectivity index (χ4v) is 2.49. The molecule has 1 aromatic carbocycles. The van der Waals surface area contributed by atoms with E-state index < -0.39 is 30.0 Å². The molecule has 0 spiro atoms. The molecule has 2 heterocycles. The zero-order valence-corrected chi connectivity index (χ0v) is 15.0. The van der Waals surface area contributed by atoms with Gasteiger partial charge in [-0.15, -0.1) is 0 Å². The van der Waals surface area contributed by atoms with Gasteiger partial charge in [-0.3, -0.25) is 9.59 Å². The van der Waals surface area contributed by atoms with E-state index in [-0.39, 0.29) is 18.6 Å². The van der Waals surface area contributed by atoms with Crippen molar-refractivity contribution < 1.29 is 27.1 Å². The van der Waals surface area contributed by atoms with Crippen molar-refractivity contribution in [1.82, 2.24) is 15.1 Å². The molecule has 0 radical (unpaired) electrons. The van der Waals surface area contributed by atoms with E-state index in [9.17, 15) is 22.8 Å². The van der Waals surface area contributed by atoms with Gasteiger partial charge in [0.2, 0.25) is 0 Å². The average Bonchev–Trinajstić information content (AvgIpc) is 3.22. The Labute approximate surface area is 162 Å². The normalized spacial score (nSPS) is 11.3. The van der Waals surface area contributed by atoms with Crippen molar-refractivity contribution >= 4 is 5.91 Å². The van der Waals surface area contributed by atoms with Crippen LogP contribution in [-0.2, 0) is 17.5 Å². The number of halogens is 3. The van der Waals surface area contributed by atoms with Crippen molar-refractivity contribution in [3.8, 4) is 17.2 Å². The van der Waals surface area contributed by atoms with Crippen LogP contribution < -0.4 is 15.6 Å². The molecule has 1 amide bonds. The van der Waals surface area contributed by atoms with Crippen LogP contribution in [-0.4, -0.2) is 28.8 Å². The first-order valence-corrected chi connectivity index (χ1v) is 8.52. The second kappa shape index (κ2) is 8.63. The molecule has 3 rings (SSSR count). The minimum absolute atomic E-state index is 0.0393. The van der Waals surface area contributed by atoms with E-state index in [1.165, 1.54) is 30.5 Å². The quantitative estimate of drug-likeness (QED) is 0.651. The summed E-state index contributed by atoms with van der Waals surface area (Å²) in [5, 5.41) is 6.62. The van der Waals surface area contributed by atoms with E-state index in [1.807, 2.05) is 0 Å². The Bertz CT molecular complexity index is 1030. The van der Waals surface area contributed by atoms with Gasteiger partial charge in [-0.1, -0.05) is 12.1 Å². The van der Waals surface area contributed by atoms with Crippen LogP contribution in [0.25, 0.3) is 11.5 Å². The molecule has 0 atom stereocenters. The highest BCUT2D eigenvalue weighted by Gasteiger charge is 2.34. The number of ether oxygens (including phenoxy) is 1. The smallest absolute Gasteiger partial charge is 0.419 e. The van der Waals surface area contributed by atoms with Gasteiger partial charge in [0.25, 0.3) is 11.5 Å². The van der Waals surface area contributed by atoms with E-state index in [2.05, 4.69) is 10.4 Å². The Balaban J connectivity index is 1.54. The molecule has 0 unspecified atom stereocenters. The molecule has 0 aliphatic carbocycles. The van der Waals surface area contributed by atoms with Crippen molar-refractivity contribution in [3.05, 3.63) is 70.7 Å². The van der Waals surface area contributed by atoms with Crippen LogP contribution >= 0.6 is 0 Å². The lowest BCUT2D eigenvalue weighted by Crippen LogP contribution is -2.34. The fourth-order valence-electron chi connectivity index (χ4n) is 2.49. The molecular weight excluding hydrogens is 391 g/mol. The zero-order valence-electron chi connectivity index (χ0n) is 15.0. The minimum Gasteiger partial charge on any atom is -0.483 e. The van der Waals surface area contributed by atoms with Gasteiger partial charge in [-0.05, 0) is 30.3 Å². The van der Waals surface area contributed by atoms with Crippen molar-refractivity contribution in [2.45, 2.75) is 12.7 Å². The maximum atomic E-state index is 12.9. The summed E-state index contributed by atoms with van der Waals surface area (Å²) in [7, 11) is 0. The van der Waals surface area contributed by atoms with Crippen LogP contribution in [0.15, 0.2) is 64.0 Å². The van der Waals surface area contributed by atoms with E-state index in [4.69, 9.17) is 9.15 Å². The van der Waals surface area contributed by atoms with Gasteiger partial charge in [0.05, 0.1) is 18.4 Å². The highest BCUT2D eigenvalue weighted by molar-refractivity contribution is 5.77. The largest absolute Gasteiger partial charge is 0.483 e. The number of carbonyl (C=O) groups excluding carboxylic acids is 1. The standard InChI is InChI=1S/C19H16F3N3O4/c20-19(21,22)13-4-1-2-5-15(13)29-12-17(26)23-9-10-25-18(27)8-7-14(24-25)16-6-3-11-28-16/h1-8,11H,9-10,12H2,(H,23,26). The van der Waals surface area contributed by atoms with Gasteiger partial charge >= 0.3 is 6.18 Å². The monoisotopic (exact) mass is 407 g/mol. The van der Waals surface area contributed by atoms with Crippen molar-refractivity contribution in [3.63, 3.8) is 0 Å². The third-order valence-corrected chi connectivity index (χ3v) is 3.84. The molecule has 0 aliphatic heterocycles. The number of benzene rings is 1. The lowest BCUT2D eigenvalue weighted by Gasteiger charge is -2.13. The highest BCUT2D eigenvalue weighted by Crippen LogP contribution is 2.35. The Morgan fingerprint density at radius 1 is 1.14 bits per heavy atom. The summed E-state index contributed by atoms with van der Waals surface area (Å²) in [5.74, 6) is -0.573. The first kappa shape index (κ1) is 20.2. The predicted octanol–water partition coefficient (Wildman–Crippen LogP) is 2.72. The first-order valence-electron chi connectivity index (χ1n) is 8.52. The lowest BCUT2D eigenvalue weighted by molar-refractivity contribution is -0.139. The number of nitrogens with zero attached hydrogens (tertiary/aromatic N) is 2. The molecule has 1 N–H and O–H groups in total. The first-order chi connectivity index (χ1) is 13.8. The Morgan fingerprint density at radius 3 is 2.66 bits per heavy atom. The minimum atomic E-state index is -4.58. The summed E-state index contributed by atoms with van der Waals surface area (Å²) in [5.41, 5.74) is -0.878. The van der Waals surface area contributed by atoms with Gasteiger partial charge in [0, 0.05) is 12.6 Å². The van der Waals surface area contributed by atoms with Crippen LogP contribution in [0.4, 0.5) is 13.2 Å². The number of amides is 1. The summed E-state index contributed by atoms with van der Waals surface area (Å²) >= 11 is 0. The van der Waals surface area contributed by atoms with Crippen LogP contribution in [0.3, 0.4) is 0 Å². The maximum Gasteiger partial charge on any atom is 0.419 e. The molecule has 2 aromatic heterocycles. The van der Waals surface area contributed by atoms with Crippen LogP contribution in [0.5, 0.6) is 5.75 Å². The fraction of sp³-hybridized carbons (Fsp3) is 0.211. The summed E-state index contributed by atoms with van der Waals surface area (Å²) in [6.45, 7) is -0.488. The zero-order chi connectivity index (χ0) is 20.9. The number of hydrogen-bond donors (Lipinski definition) is 1. The molecule has 3 aromatic rings. The van der Waals surface area contributed by atoms with E-state index in [1.54, 1.807) is 12.1 Å². The van der Waals surface area contributed by atoms with Gasteiger partial charge in [-0.25, -0.2) is 4.68 Å². The van der Waals surface area contributed by atoms with Crippen LogP contribution in [0.1, 0.15) is 5.56 Å². The van der Waals surface area contributed by atoms with E-state index in [0.29, 0.717) is 11.5 Å². The second-order valence-electron chi connectivity index (χ2n) is 5.89. The summed E-state index contributed by atoms with van der Waals surface area (Å²) in [6, 6.07) is 10.8. The summed E-state index contributed by atoms with van der Waals surface area (Å²) in [6.07, 6.45) is -3.11. The molecule has 0 saturated carbocycles. The molecule has 0 bridgehead atoms. The SMILES string of the molecule is O=C(COc1ccccc1C(F)(F)F)NCCn1nc(-c2ccco2)ccc1=O. The number of aromatic nitrogens is 2. The Hall–Kier alpha value is -3.56. The molecule has 0 saturated heterocycles. The Morgan fingerprint density at radius 2 is 1.93 bits per heavy atom. The maximum absolute atomic E-state index is 12.9. The second-order valence-corrected chi connectivity index (χ2v) is 5.89. The number of alkyl halides is 3. The van der Waals surface area contributed by atoms with Crippen molar-refractivity contribution in [1.29, 1.82) is 0 Å². The number of furan rings is 1.